The molecule has 0 aromatic carbocycles. The summed E-state index contributed by atoms with van der Waals surface area (Å²) in [6.45, 7) is 6.19. The first-order chi connectivity index (χ1) is 7.35. The Morgan fingerprint density at radius 2 is 1.80 bits per heavy atom. The van der Waals surface area contributed by atoms with Gasteiger partial charge in [-0.15, -0.1) is 0 Å². The molecule has 0 saturated carbocycles. The van der Waals surface area contributed by atoms with Crippen molar-refractivity contribution < 1.29 is 0 Å². The summed E-state index contributed by atoms with van der Waals surface area (Å²) in [7, 11) is 0. The molecule has 4 heteroatoms. The summed E-state index contributed by atoms with van der Waals surface area (Å²) >= 11 is 4.01. The lowest BCUT2D eigenvalue weighted by Gasteiger charge is -2.11. The van der Waals surface area contributed by atoms with Gasteiger partial charge < -0.3 is 0 Å². The van der Waals surface area contributed by atoms with Crippen molar-refractivity contribution in [1.82, 2.24) is 0 Å². The second kappa shape index (κ2) is 12.4. The fourth-order valence-corrected chi connectivity index (χ4v) is 3.04. The monoisotopic (exact) mass is 248 g/mol. The molecular formula is C11H24N2S2. The van der Waals surface area contributed by atoms with Crippen LogP contribution < -0.4 is 0 Å². The molecule has 15 heavy (non-hydrogen) atoms. The highest BCUT2D eigenvalue weighted by Crippen LogP contribution is 2.19. The molecule has 0 amide bonds. The number of hydrogen-bond donors (Lipinski definition) is 0. The molecule has 0 aliphatic heterocycles. The third-order valence-corrected chi connectivity index (χ3v) is 4.42. The molecule has 0 rings (SSSR count). The highest BCUT2D eigenvalue weighted by Gasteiger charge is 2.05. The van der Waals surface area contributed by atoms with Crippen molar-refractivity contribution in [3.8, 4) is 0 Å². The molecular weight excluding hydrogens is 224 g/mol. The first-order valence-electron chi connectivity index (χ1n) is 5.78. The number of thioether (sulfide) groups is 2. The van der Waals surface area contributed by atoms with Crippen LogP contribution in [0, 0.1) is 0 Å². The highest BCUT2D eigenvalue weighted by atomic mass is 32.2. The average molecular weight is 248 g/mol. The van der Waals surface area contributed by atoms with Gasteiger partial charge >= 0.3 is 0 Å². The maximum Gasteiger partial charge on any atom is 0.0609 e. The smallest absolute Gasteiger partial charge is 0.0609 e. The molecule has 0 aromatic rings. The second-order valence-electron chi connectivity index (χ2n) is 3.41. The van der Waals surface area contributed by atoms with Crippen molar-refractivity contribution in [2.24, 2.45) is 10.2 Å². The third-order valence-electron chi connectivity index (χ3n) is 2.07. The molecule has 90 valence electrons. The van der Waals surface area contributed by atoms with Crippen LogP contribution in [-0.4, -0.2) is 36.1 Å². The minimum atomic E-state index is 0.776. The summed E-state index contributed by atoms with van der Waals surface area (Å²) in [4.78, 5) is 0. The summed E-state index contributed by atoms with van der Waals surface area (Å²) in [5, 5.41) is 9.06. The van der Waals surface area contributed by atoms with Crippen LogP contribution in [0.4, 0.5) is 0 Å². The van der Waals surface area contributed by atoms with Crippen molar-refractivity contribution in [3.05, 3.63) is 0 Å². The molecule has 0 fully saturated rings. The first kappa shape index (κ1) is 15.3. The molecule has 0 aliphatic rings. The summed E-state index contributed by atoms with van der Waals surface area (Å²) in [6.07, 6.45) is 5.70. The van der Waals surface area contributed by atoms with Crippen molar-refractivity contribution >= 4 is 23.5 Å². The van der Waals surface area contributed by atoms with E-state index in [0.29, 0.717) is 0 Å². The fourth-order valence-electron chi connectivity index (χ4n) is 1.15. The molecule has 0 aliphatic carbocycles. The highest BCUT2D eigenvalue weighted by molar-refractivity contribution is 8.02. The maximum absolute atomic E-state index is 4.18. The minimum absolute atomic E-state index is 0.776. The van der Waals surface area contributed by atoms with Gasteiger partial charge in [-0.2, -0.15) is 33.8 Å². The molecule has 1 unspecified atom stereocenters. The molecule has 0 bridgehead atoms. The van der Waals surface area contributed by atoms with Crippen molar-refractivity contribution in [2.75, 3.05) is 30.9 Å². The van der Waals surface area contributed by atoms with Crippen molar-refractivity contribution in [2.45, 2.75) is 38.4 Å². The van der Waals surface area contributed by atoms with Gasteiger partial charge in [0.2, 0.25) is 0 Å². The van der Waals surface area contributed by atoms with Crippen LogP contribution in [0.5, 0.6) is 0 Å². The van der Waals surface area contributed by atoms with E-state index in [1.807, 2.05) is 11.8 Å². The average Bonchev–Trinajstić information content (AvgIpc) is 2.26. The SMILES string of the molecule is CCCN=NCCC(CC)SCCSC. The van der Waals surface area contributed by atoms with Gasteiger partial charge in [0.15, 0.2) is 0 Å². The van der Waals surface area contributed by atoms with E-state index in [1.165, 1.54) is 24.3 Å². The van der Waals surface area contributed by atoms with Gasteiger partial charge in [-0.3, -0.25) is 0 Å². The van der Waals surface area contributed by atoms with Crippen LogP contribution in [0.2, 0.25) is 0 Å². The topological polar surface area (TPSA) is 24.7 Å². The number of azo groups is 1. The molecule has 0 heterocycles. The van der Waals surface area contributed by atoms with Gasteiger partial charge in [-0.05, 0) is 25.5 Å². The van der Waals surface area contributed by atoms with Crippen LogP contribution in [0.1, 0.15) is 33.1 Å². The van der Waals surface area contributed by atoms with Crippen molar-refractivity contribution in [3.63, 3.8) is 0 Å². The van der Waals surface area contributed by atoms with E-state index in [2.05, 4.69) is 42.1 Å². The Bertz CT molecular complexity index is 152. The third kappa shape index (κ3) is 10.6. The lowest BCUT2D eigenvalue weighted by Crippen LogP contribution is -2.04. The quantitative estimate of drug-likeness (QED) is 0.429. The summed E-state index contributed by atoms with van der Waals surface area (Å²) < 4.78 is 0. The summed E-state index contributed by atoms with van der Waals surface area (Å²) in [5.41, 5.74) is 0. The number of rotatable bonds is 10. The van der Waals surface area contributed by atoms with E-state index in [9.17, 15) is 0 Å². The number of nitrogens with zero attached hydrogens (tertiary/aromatic N) is 2. The Labute approximate surface area is 103 Å². The van der Waals surface area contributed by atoms with E-state index in [0.717, 1.165) is 24.8 Å². The Kier molecular flexibility index (Phi) is 12.6. The van der Waals surface area contributed by atoms with Crippen LogP contribution in [0.3, 0.4) is 0 Å². The van der Waals surface area contributed by atoms with Crippen LogP contribution >= 0.6 is 23.5 Å². The van der Waals surface area contributed by atoms with Gasteiger partial charge in [0, 0.05) is 16.8 Å². The molecule has 0 saturated heterocycles. The molecule has 0 aromatic heterocycles. The number of hydrogen-bond acceptors (Lipinski definition) is 4. The molecule has 0 radical (unpaired) electrons. The maximum atomic E-state index is 4.18. The standard InChI is InChI=1S/C11H24N2S2/c1-4-7-12-13-8-6-11(5-2)15-10-9-14-3/h11H,4-10H2,1-3H3. The summed E-state index contributed by atoms with van der Waals surface area (Å²) in [5.74, 6) is 2.53. The zero-order valence-electron chi connectivity index (χ0n) is 10.2. The normalized spacial score (nSPS) is 13.5. The fraction of sp³-hybridized carbons (Fsp3) is 1.00. The second-order valence-corrected chi connectivity index (χ2v) is 5.81. The molecule has 1 atom stereocenters. The molecule has 0 N–H and O–H groups in total. The van der Waals surface area contributed by atoms with E-state index >= 15 is 0 Å². The van der Waals surface area contributed by atoms with Gasteiger partial charge in [-0.1, -0.05) is 13.8 Å². The van der Waals surface area contributed by atoms with E-state index in [-0.39, 0.29) is 0 Å². The molecule has 2 nitrogen and oxygen atoms in total. The summed E-state index contributed by atoms with van der Waals surface area (Å²) in [6, 6.07) is 0. The Morgan fingerprint density at radius 3 is 2.40 bits per heavy atom. The predicted octanol–water partition coefficient (Wildman–Crippen LogP) is 4.11. The van der Waals surface area contributed by atoms with E-state index < -0.39 is 0 Å². The Hall–Kier alpha value is 0.300. The van der Waals surface area contributed by atoms with Gasteiger partial charge in [0.25, 0.3) is 0 Å². The minimum Gasteiger partial charge on any atom is -0.194 e. The predicted molar refractivity (Wildman–Crippen MR) is 74.4 cm³/mol. The zero-order valence-corrected chi connectivity index (χ0v) is 11.9. The van der Waals surface area contributed by atoms with E-state index in [4.69, 9.17) is 0 Å². The van der Waals surface area contributed by atoms with Gasteiger partial charge in [0.05, 0.1) is 13.1 Å². The van der Waals surface area contributed by atoms with Gasteiger partial charge in [0.1, 0.15) is 0 Å². The lowest BCUT2D eigenvalue weighted by molar-refractivity contribution is 0.711. The van der Waals surface area contributed by atoms with Crippen LogP contribution in [-0.2, 0) is 0 Å². The van der Waals surface area contributed by atoms with Crippen molar-refractivity contribution in [1.29, 1.82) is 0 Å². The Morgan fingerprint density at radius 1 is 1.07 bits per heavy atom. The zero-order chi connectivity index (χ0) is 11.4. The Balaban J connectivity index is 3.43. The first-order valence-corrected chi connectivity index (χ1v) is 8.23. The van der Waals surface area contributed by atoms with E-state index in [1.54, 1.807) is 0 Å². The molecule has 0 spiro atoms. The largest absolute Gasteiger partial charge is 0.194 e. The lowest BCUT2D eigenvalue weighted by atomic mass is 10.2. The van der Waals surface area contributed by atoms with Crippen LogP contribution in [0.25, 0.3) is 0 Å². The van der Waals surface area contributed by atoms with Crippen LogP contribution in [0.15, 0.2) is 10.2 Å². The van der Waals surface area contributed by atoms with Gasteiger partial charge in [-0.25, -0.2) is 0 Å².